The number of morpholine rings is 1. The minimum atomic E-state index is -0.0904. The number of hydrogen-bond acceptors (Lipinski definition) is 4. The fourth-order valence-electron chi connectivity index (χ4n) is 4.31. The maximum atomic E-state index is 12.8. The Labute approximate surface area is 160 Å². The Bertz CT molecular complexity index is 766. The largest absolute Gasteiger partial charge is 0.378 e. The topological polar surface area (TPSA) is 54.5 Å². The molecule has 5 heteroatoms. The lowest BCUT2D eigenvalue weighted by molar-refractivity contribution is 0.0938. The van der Waals surface area contributed by atoms with Crippen LogP contribution in [0.3, 0.4) is 0 Å². The van der Waals surface area contributed by atoms with Crippen LogP contribution in [0.1, 0.15) is 41.7 Å². The summed E-state index contributed by atoms with van der Waals surface area (Å²) in [5.74, 6) is -0.0904. The van der Waals surface area contributed by atoms with E-state index in [-0.39, 0.29) is 11.3 Å². The first kappa shape index (κ1) is 18.0. The summed E-state index contributed by atoms with van der Waals surface area (Å²) >= 11 is 0. The molecule has 5 nitrogen and oxygen atoms in total. The second kappa shape index (κ2) is 8.09. The number of nitrogens with zero attached hydrogens (tertiary/aromatic N) is 2. The molecule has 1 aromatic carbocycles. The number of amides is 1. The zero-order valence-electron chi connectivity index (χ0n) is 15.7. The van der Waals surface area contributed by atoms with Gasteiger partial charge in [-0.25, -0.2) is 0 Å². The molecule has 1 saturated heterocycles. The van der Waals surface area contributed by atoms with Crippen molar-refractivity contribution in [2.24, 2.45) is 0 Å². The molecule has 0 radical (unpaired) electrons. The summed E-state index contributed by atoms with van der Waals surface area (Å²) in [7, 11) is 0. The normalized spacial score (nSPS) is 19.0. The number of nitrogens with one attached hydrogen (secondary N) is 1. The lowest BCUT2D eigenvalue weighted by atomic mass is 9.79. The molecule has 2 aliphatic rings. The average Bonchev–Trinajstić information content (AvgIpc) is 3.24. The molecule has 1 amide bonds. The summed E-state index contributed by atoms with van der Waals surface area (Å²) in [5, 5.41) is 3.17. The first-order valence-electron chi connectivity index (χ1n) is 9.89. The standard InChI is InChI=1S/C22H27N3O2/c26-21(20-16-19(8-11-23-20)25-12-14-27-15-13-25)24-17-22(9-4-5-10-22)18-6-2-1-3-7-18/h1-3,6-8,11,16H,4-5,9-10,12-15,17H2,(H,24,26). The van der Waals surface area contributed by atoms with E-state index >= 15 is 0 Å². The SMILES string of the molecule is O=C(NCC1(c2ccccc2)CCCC1)c1cc(N2CCOCC2)ccn1. The van der Waals surface area contributed by atoms with Gasteiger partial charge in [0.1, 0.15) is 5.69 Å². The summed E-state index contributed by atoms with van der Waals surface area (Å²) in [6.07, 6.45) is 6.41. The van der Waals surface area contributed by atoms with Crippen molar-refractivity contribution in [3.63, 3.8) is 0 Å². The van der Waals surface area contributed by atoms with Crippen LogP contribution >= 0.6 is 0 Å². The fraction of sp³-hybridized carbons (Fsp3) is 0.455. The monoisotopic (exact) mass is 365 g/mol. The van der Waals surface area contributed by atoms with Crippen LogP contribution in [0.5, 0.6) is 0 Å². The van der Waals surface area contributed by atoms with E-state index in [1.807, 2.05) is 18.2 Å². The number of ether oxygens (including phenoxy) is 1. The Balaban J connectivity index is 1.46. The maximum absolute atomic E-state index is 12.8. The van der Waals surface area contributed by atoms with Crippen LogP contribution in [0.15, 0.2) is 48.7 Å². The molecule has 2 heterocycles. The van der Waals surface area contributed by atoms with Gasteiger partial charge < -0.3 is 15.0 Å². The third kappa shape index (κ3) is 3.98. The van der Waals surface area contributed by atoms with E-state index in [4.69, 9.17) is 4.74 Å². The molecule has 1 N–H and O–H groups in total. The van der Waals surface area contributed by atoms with Gasteiger partial charge in [-0.2, -0.15) is 0 Å². The first-order valence-corrected chi connectivity index (χ1v) is 9.89. The summed E-state index contributed by atoms with van der Waals surface area (Å²) in [6, 6.07) is 14.5. The van der Waals surface area contributed by atoms with Crippen LogP contribution < -0.4 is 10.2 Å². The van der Waals surface area contributed by atoms with Gasteiger partial charge in [-0.1, -0.05) is 43.2 Å². The predicted molar refractivity (Wildman–Crippen MR) is 106 cm³/mol. The van der Waals surface area contributed by atoms with Gasteiger partial charge in [-0.3, -0.25) is 9.78 Å². The minimum absolute atomic E-state index is 0.0543. The molecule has 1 aliphatic carbocycles. The number of benzene rings is 1. The van der Waals surface area contributed by atoms with E-state index < -0.39 is 0 Å². The molecule has 27 heavy (non-hydrogen) atoms. The van der Waals surface area contributed by atoms with Gasteiger partial charge in [0, 0.05) is 36.9 Å². The Hall–Kier alpha value is -2.40. The van der Waals surface area contributed by atoms with E-state index in [1.165, 1.54) is 18.4 Å². The van der Waals surface area contributed by atoms with Crippen LogP contribution in [0.2, 0.25) is 0 Å². The second-order valence-corrected chi connectivity index (χ2v) is 7.53. The predicted octanol–water partition coefficient (Wildman–Crippen LogP) is 3.16. The van der Waals surface area contributed by atoms with Crippen molar-refractivity contribution >= 4 is 11.6 Å². The highest BCUT2D eigenvalue weighted by molar-refractivity contribution is 5.93. The van der Waals surface area contributed by atoms with Crippen LogP contribution in [-0.4, -0.2) is 43.7 Å². The number of hydrogen-bond donors (Lipinski definition) is 1. The van der Waals surface area contributed by atoms with Crippen molar-refractivity contribution in [1.82, 2.24) is 10.3 Å². The van der Waals surface area contributed by atoms with Gasteiger partial charge in [0.25, 0.3) is 5.91 Å². The van der Waals surface area contributed by atoms with E-state index in [0.29, 0.717) is 12.2 Å². The molecular weight excluding hydrogens is 338 g/mol. The van der Waals surface area contributed by atoms with Gasteiger partial charge in [-0.05, 0) is 30.5 Å². The third-order valence-electron chi connectivity index (χ3n) is 5.89. The highest BCUT2D eigenvalue weighted by atomic mass is 16.5. The smallest absolute Gasteiger partial charge is 0.269 e. The average molecular weight is 365 g/mol. The Morgan fingerprint density at radius 3 is 2.59 bits per heavy atom. The first-order chi connectivity index (χ1) is 13.3. The van der Waals surface area contributed by atoms with Crippen molar-refractivity contribution in [2.45, 2.75) is 31.1 Å². The van der Waals surface area contributed by atoms with E-state index in [1.54, 1.807) is 6.20 Å². The zero-order valence-corrected chi connectivity index (χ0v) is 15.7. The summed E-state index contributed by atoms with van der Waals surface area (Å²) in [4.78, 5) is 19.3. The van der Waals surface area contributed by atoms with Crippen molar-refractivity contribution in [3.05, 3.63) is 59.9 Å². The number of pyridine rings is 1. The number of anilines is 1. The maximum Gasteiger partial charge on any atom is 0.269 e. The van der Waals surface area contributed by atoms with Crippen molar-refractivity contribution in [1.29, 1.82) is 0 Å². The third-order valence-corrected chi connectivity index (χ3v) is 5.89. The summed E-state index contributed by atoms with van der Waals surface area (Å²) in [6.45, 7) is 3.82. The molecule has 4 rings (SSSR count). The van der Waals surface area contributed by atoms with Crippen LogP contribution in [0.4, 0.5) is 5.69 Å². The van der Waals surface area contributed by atoms with Gasteiger partial charge >= 0.3 is 0 Å². The van der Waals surface area contributed by atoms with Gasteiger partial charge in [-0.15, -0.1) is 0 Å². The van der Waals surface area contributed by atoms with Crippen molar-refractivity contribution < 1.29 is 9.53 Å². The number of carbonyl (C=O) groups excluding carboxylic acids is 1. The quantitative estimate of drug-likeness (QED) is 0.884. The van der Waals surface area contributed by atoms with Gasteiger partial charge in [0.15, 0.2) is 0 Å². The molecule has 1 aliphatic heterocycles. The lowest BCUT2D eigenvalue weighted by Gasteiger charge is -2.30. The van der Waals surface area contributed by atoms with E-state index in [2.05, 4.69) is 39.5 Å². The van der Waals surface area contributed by atoms with E-state index in [9.17, 15) is 4.79 Å². The number of aromatic nitrogens is 1. The highest BCUT2D eigenvalue weighted by Crippen LogP contribution is 2.40. The second-order valence-electron chi connectivity index (χ2n) is 7.53. The molecule has 0 unspecified atom stereocenters. The van der Waals surface area contributed by atoms with E-state index in [0.717, 1.165) is 44.8 Å². The summed E-state index contributed by atoms with van der Waals surface area (Å²) < 4.78 is 5.41. The lowest BCUT2D eigenvalue weighted by Crippen LogP contribution is -2.39. The Morgan fingerprint density at radius 1 is 1.11 bits per heavy atom. The summed E-state index contributed by atoms with van der Waals surface area (Å²) in [5.41, 5.74) is 2.91. The van der Waals surface area contributed by atoms with Crippen LogP contribution in [0.25, 0.3) is 0 Å². The molecule has 0 bridgehead atoms. The Kier molecular flexibility index (Phi) is 5.39. The van der Waals surface area contributed by atoms with Crippen LogP contribution in [-0.2, 0) is 10.2 Å². The molecule has 1 saturated carbocycles. The van der Waals surface area contributed by atoms with Gasteiger partial charge in [0.05, 0.1) is 13.2 Å². The molecule has 2 fully saturated rings. The molecule has 1 aromatic heterocycles. The minimum Gasteiger partial charge on any atom is -0.378 e. The molecule has 2 aromatic rings. The molecule has 142 valence electrons. The number of rotatable bonds is 5. The highest BCUT2D eigenvalue weighted by Gasteiger charge is 2.35. The van der Waals surface area contributed by atoms with Crippen molar-refractivity contribution in [2.75, 3.05) is 37.7 Å². The zero-order chi connectivity index (χ0) is 18.5. The molecular formula is C22H27N3O2. The fourth-order valence-corrected chi connectivity index (χ4v) is 4.31. The number of carbonyl (C=O) groups is 1. The Morgan fingerprint density at radius 2 is 1.85 bits per heavy atom. The van der Waals surface area contributed by atoms with Gasteiger partial charge in [0.2, 0.25) is 0 Å². The molecule has 0 spiro atoms. The van der Waals surface area contributed by atoms with Crippen LogP contribution in [0, 0.1) is 0 Å². The van der Waals surface area contributed by atoms with Crippen molar-refractivity contribution in [3.8, 4) is 0 Å². The molecule has 0 atom stereocenters.